The highest BCUT2D eigenvalue weighted by Crippen LogP contribution is 2.28. The van der Waals surface area contributed by atoms with Gasteiger partial charge in [-0.1, -0.05) is 6.07 Å². The second-order valence-electron chi connectivity index (χ2n) is 5.06. The van der Waals surface area contributed by atoms with E-state index in [9.17, 15) is 22.4 Å². The largest absolute Gasteiger partial charge is 0.435 e. The predicted molar refractivity (Wildman–Crippen MR) is 89.5 cm³/mol. The molecule has 0 saturated carbocycles. The van der Waals surface area contributed by atoms with Crippen molar-refractivity contribution in [1.29, 1.82) is 0 Å². The van der Waals surface area contributed by atoms with Gasteiger partial charge in [-0.3, -0.25) is 4.79 Å². The van der Waals surface area contributed by atoms with Crippen LogP contribution >= 0.6 is 11.3 Å². The summed E-state index contributed by atoms with van der Waals surface area (Å²) in [5.74, 6) is -1.05. The van der Waals surface area contributed by atoms with Gasteiger partial charge < -0.3 is 14.4 Å². The molecule has 2 aromatic rings. The molecule has 0 N–H and O–H groups in total. The molecule has 0 spiro atoms. The molecule has 0 unspecified atom stereocenters. The van der Waals surface area contributed by atoms with Crippen molar-refractivity contribution < 1.29 is 31.8 Å². The summed E-state index contributed by atoms with van der Waals surface area (Å²) in [4.78, 5) is 14.6. The third-order valence-corrected chi connectivity index (χ3v) is 4.04. The Morgan fingerprint density at radius 2 is 1.92 bits per heavy atom. The average Bonchev–Trinajstić information content (AvgIpc) is 3.05. The maximum Gasteiger partial charge on any atom is 0.387 e. The fourth-order valence-electron chi connectivity index (χ4n) is 2.03. The van der Waals surface area contributed by atoms with Gasteiger partial charge in [0.1, 0.15) is 11.5 Å². The Morgan fingerprint density at radius 1 is 1.19 bits per heavy atom. The number of benzene rings is 1. The van der Waals surface area contributed by atoms with E-state index in [-0.39, 0.29) is 23.0 Å². The standard InChI is InChI=1S/C17H15F4NO3S/c1-22(10-13-3-2-8-26-13)15(23)7-5-11-4-6-12(24-16(18)19)9-14(11)25-17(20)21/h2-9,16-17H,10H2,1H3/b7-5+. The lowest BCUT2D eigenvalue weighted by Gasteiger charge is -2.14. The summed E-state index contributed by atoms with van der Waals surface area (Å²) in [5.41, 5.74) is 0.129. The van der Waals surface area contributed by atoms with E-state index in [1.165, 1.54) is 40.5 Å². The van der Waals surface area contributed by atoms with Gasteiger partial charge >= 0.3 is 13.2 Å². The number of likely N-dealkylation sites (N-methyl/N-ethyl adjacent to an activating group) is 1. The lowest BCUT2D eigenvalue weighted by molar-refractivity contribution is -0.125. The number of carbonyl (C=O) groups excluding carboxylic acids is 1. The Labute approximate surface area is 151 Å². The Kier molecular flexibility index (Phi) is 7.02. The first kappa shape index (κ1) is 19.8. The third kappa shape index (κ3) is 6.07. The number of carbonyl (C=O) groups is 1. The molecule has 0 atom stereocenters. The van der Waals surface area contributed by atoms with Gasteiger partial charge in [0.2, 0.25) is 5.91 Å². The molecular weight excluding hydrogens is 374 g/mol. The molecular formula is C17H15F4NO3S. The van der Waals surface area contributed by atoms with Gasteiger partial charge in [0.15, 0.2) is 0 Å². The van der Waals surface area contributed by atoms with E-state index >= 15 is 0 Å². The van der Waals surface area contributed by atoms with Crippen LogP contribution in [0.2, 0.25) is 0 Å². The topological polar surface area (TPSA) is 38.8 Å². The van der Waals surface area contributed by atoms with Crippen LogP contribution in [0.3, 0.4) is 0 Å². The van der Waals surface area contributed by atoms with E-state index in [1.54, 1.807) is 7.05 Å². The summed E-state index contributed by atoms with van der Waals surface area (Å²) in [5, 5.41) is 1.89. The molecule has 2 rings (SSSR count). The molecule has 0 bridgehead atoms. The minimum absolute atomic E-state index is 0.129. The summed E-state index contributed by atoms with van der Waals surface area (Å²) in [6, 6.07) is 7.08. The van der Waals surface area contributed by atoms with Gasteiger partial charge in [-0.2, -0.15) is 17.6 Å². The zero-order chi connectivity index (χ0) is 19.1. The Bertz CT molecular complexity index is 750. The van der Waals surface area contributed by atoms with E-state index in [2.05, 4.69) is 9.47 Å². The molecule has 0 saturated heterocycles. The van der Waals surface area contributed by atoms with Gasteiger partial charge in [0, 0.05) is 29.6 Å². The second kappa shape index (κ2) is 9.23. The van der Waals surface area contributed by atoms with Gasteiger partial charge in [0.25, 0.3) is 0 Å². The lowest BCUT2D eigenvalue weighted by atomic mass is 10.1. The smallest absolute Gasteiger partial charge is 0.387 e. The number of hydrogen-bond acceptors (Lipinski definition) is 4. The van der Waals surface area contributed by atoms with Crippen molar-refractivity contribution in [2.24, 2.45) is 0 Å². The first-order valence-electron chi connectivity index (χ1n) is 7.34. The number of thiophene rings is 1. The molecule has 26 heavy (non-hydrogen) atoms. The number of alkyl halides is 4. The molecule has 0 aliphatic carbocycles. The second-order valence-corrected chi connectivity index (χ2v) is 6.10. The molecule has 140 valence electrons. The summed E-state index contributed by atoms with van der Waals surface area (Å²) in [6.45, 7) is -5.84. The summed E-state index contributed by atoms with van der Waals surface area (Å²) >= 11 is 1.50. The van der Waals surface area contributed by atoms with Crippen molar-refractivity contribution in [2.75, 3.05) is 7.05 Å². The normalized spacial score (nSPS) is 11.3. The van der Waals surface area contributed by atoms with Crippen LogP contribution < -0.4 is 9.47 Å². The van der Waals surface area contributed by atoms with Crippen molar-refractivity contribution in [3.63, 3.8) is 0 Å². The van der Waals surface area contributed by atoms with Crippen LogP contribution in [0.15, 0.2) is 41.8 Å². The van der Waals surface area contributed by atoms with Crippen LogP contribution in [0.25, 0.3) is 6.08 Å². The van der Waals surface area contributed by atoms with Crippen molar-refractivity contribution in [1.82, 2.24) is 4.90 Å². The number of rotatable bonds is 8. The highest BCUT2D eigenvalue weighted by atomic mass is 32.1. The van der Waals surface area contributed by atoms with Crippen molar-refractivity contribution >= 4 is 23.3 Å². The van der Waals surface area contributed by atoms with E-state index in [0.29, 0.717) is 6.54 Å². The average molecular weight is 389 g/mol. The SMILES string of the molecule is CN(Cc1cccs1)C(=O)/C=C/c1ccc(OC(F)F)cc1OC(F)F. The van der Waals surface area contributed by atoms with Crippen molar-refractivity contribution in [3.8, 4) is 11.5 Å². The van der Waals surface area contributed by atoms with Crippen LogP contribution in [0.5, 0.6) is 11.5 Å². The van der Waals surface area contributed by atoms with Crippen LogP contribution in [0.1, 0.15) is 10.4 Å². The van der Waals surface area contributed by atoms with Crippen molar-refractivity contribution in [2.45, 2.75) is 19.8 Å². The molecule has 0 fully saturated rings. The number of amides is 1. The molecule has 1 aromatic carbocycles. The minimum atomic E-state index is -3.15. The highest BCUT2D eigenvalue weighted by Gasteiger charge is 2.13. The predicted octanol–water partition coefficient (Wildman–Crippen LogP) is 4.62. The molecule has 1 amide bonds. The van der Waals surface area contributed by atoms with Gasteiger partial charge in [0.05, 0.1) is 6.54 Å². The zero-order valence-electron chi connectivity index (χ0n) is 13.6. The van der Waals surface area contributed by atoms with E-state index < -0.39 is 13.2 Å². The Balaban J connectivity index is 2.12. The van der Waals surface area contributed by atoms with Crippen LogP contribution in [-0.2, 0) is 11.3 Å². The fourth-order valence-corrected chi connectivity index (χ4v) is 2.79. The molecule has 0 aliphatic heterocycles. The molecule has 9 heteroatoms. The zero-order valence-corrected chi connectivity index (χ0v) is 14.4. The van der Waals surface area contributed by atoms with E-state index in [4.69, 9.17) is 0 Å². The summed E-state index contributed by atoms with van der Waals surface area (Å²) in [7, 11) is 1.60. The number of nitrogens with zero attached hydrogens (tertiary/aromatic N) is 1. The maximum absolute atomic E-state index is 12.5. The fraction of sp³-hybridized carbons (Fsp3) is 0.235. The number of ether oxygens (including phenoxy) is 2. The van der Waals surface area contributed by atoms with Crippen LogP contribution in [0, 0.1) is 0 Å². The van der Waals surface area contributed by atoms with Crippen molar-refractivity contribution in [3.05, 3.63) is 52.2 Å². The Hall–Kier alpha value is -2.55. The van der Waals surface area contributed by atoms with Gasteiger partial charge in [-0.25, -0.2) is 0 Å². The Morgan fingerprint density at radius 3 is 2.54 bits per heavy atom. The van der Waals surface area contributed by atoms with E-state index in [0.717, 1.165) is 10.9 Å². The highest BCUT2D eigenvalue weighted by molar-refractivity contribution is 7.09. The molecule has 0 radical (unpaired) electrons. The lowest BCUT2D eigenvalue weighted by Crippen LogP contribution is -2.23. The molecule has 4 nitrogen and oxygen atoms in total. The number of halogens is 4. The minimum Gasteiger partial charge on any atom is -0.435 e. The summed E-state index contributed by atoms with van der Waals surface area (Å²) in [6.07, 6.45) is 2.46. The first-order chi connectivity index (χ1) is 12.3. The van der Waals surface area contributed by atoms with Gasteiger partial charge in [-0.15, -0.1) is 11.3 Å². The molecule has 1 heterocycles. The quantitative estimate of drug-likeness (QED) is 0.488. The number of hydrogen-bond donors (Lipinski definition) is 0. The summed E-state index contributed by atoms with van der Waals surface area (Å²) < 4.78 is 58.0. The molecule has 1 aromatic heterocycles. The maximum atomic E-state index is 12.5. The molecule has 0 aliphatic rings. The van der Waals surface area contributed by atoms with Crippen LogP contribution in [-0.4, -0.2) is 31.1 Å². The van der Waals surface area contributed by atoms with Crippen LogP contribution in [0.4, 0.5) is 17.6 Å². The third-order valence-electron chi connectivity index (χ3n) is 3.18. The van der Waals surface area contributed by atoms with Gasteiger partial charge in [-0.05, 0) is 29.7 Å². The first-order valence-corrected chi connectivity index (χ1v) is 8.22. The van der Waals surface area contributed by atoms with E-state index in [1.807, 2.05) is 17.5 Å². The monoisotopic (exact) mass is 389 g/mol.